The molecule has 3 amide bonds. The number of benzene rings is 1. The van der Waals surface area contributed by atoms with Crippen LogP contribution in [0.25, 0.3) is 6.08 Å². The molecule has 5 heteroatoms. The molecule has 1 aliphatic heterocycles. The van der Waals surface area contributed by atoms with E-state index in [0.717, 1.165) is 0 Å². The van der Waals surface area contributed by atoms with Crippen LogP contribution in [-0.2, 0) is 4.79 Å². The van der Waals surface area contributed by atoms with Gasteiger partial charge in [-0.3, -0.25) is 15.0 Å². The quantitative estimate of drug-likeness (QED) is 0.573. The maximum atomic E-state index is 12.9. The number of imide groups is 1. The largest absolute Gasteiger partial charge is 0.328 e. The van der Waals surface area contributed by atoms with Gasteiger partial charge in [0.05, 0.1) is 0 Å². The van der Waals surface area contributed by atoms with Crippen molar-refractivity contribution in [2.24, 2.45) is 0 Å². The summed E-state index contributed by atoms with van der Waals surface area (Å²) in [5, 5.41) is 2.14. The SMILES string of the molecule is CN1C(=O)NC(=O)C1=Cc1cccc(F)c1. The van der Waals surface area contributed by atoms with Crippen LogP contribution < -0.4 is 5.32 Å². The summed E-state index contributed by atoms with van der Waals surface area (Å²) in [4.78, 5) is 23.7. The second-order valence-electron chi connectivity index (χ2n) is 3.40. The second kappa shape index (κ2) is 3.77. The monoisotopic (exact) mass is 220 g/mol. The number of urea groups is 1. The van der Waals surface area contributed by atoms with E-state index in [4.69, 9.17) is 0 Å². The first-order chi connectivity index (χ1) is 7.58. The maximum Gasteiger partial charge on any atom is 0.328 e. The van der Waals surface area contributed by atoms with Gasteiger partial charge in [-0.1, -0.05) is 12.1 Å². The molecule has 0 bridgehead atoms. The molecule has 1 aromatic carbocycles. The molecule has 2 rings (SSSR count). The highest BCUT2D eigenvalue weighted by Gasteiger charge is 2.29. The lowest BCUT2D eigenvalue weighted by molar-refractivity contribution is -0.115. The van der Waals surface area contributed by atoms with Gasteiger partial charge in [-0.25, -0.2) is 9.18 Å². The van der Waals surface area contributed by atoms with Crippen molar-refractivity contribution in [3.63, 3.8) is 0 Å². The molecule has 1 N–H and O–H groups in total. The van der Waals surface area contributed by atoms with E-state index in [-0.39, 0.29) is 11.5 Å². The van der Waals surface area contributed by atoms with Gasteiger partial charge in [0.2, 0.25) is 0 Å². The third kappa shape index (κ3) is 1.79. The zero-order valence-electron chi connectivity index (χ0n) is 8.53. The molecular weight excluding hydrogens is 211 g/mol. The summed E-state index contributed by atoms with van der Waals surface area (Å²) in [6.07, 6.45) is 1.46. The number of nitrogens with one attached hydrogen (secondary N) is 1. The minimum atomic E-state index is -0.479. The van der Waals surface area contributed by atoms with E-state index in [0.29, 0.717) is 5.56 Å². The Kier molecular flexibility index (Phi) is 2.44. The number of hydrogen-bond acceptors (Lipinski definition) is 2. The Balaban J connectivity index is 2.38. The van der Waals surface area contributed by atoms with Crippen LogP contribution in [0.15, 0.2) is 30.0 Å². The Hall–Kier alpha value is -2.17. The second-order valence-corrected chi connectivity index (χ2v) is 3.40. The molecule has 1 aromatic rings. The lowest BCUT2D eigenvalue weighted by Crippen LogP contribution is -2.24. The van der Waals surface area contributed by atoms with Gasteiger partial charge >= 0.3 is 6.03 Å². The number of carbonyl (C=O) groups excluding carboxylic acids is 2. The van der Waals surface area contributed by atoms with Gasteiger partial charge < -0.3 is 0 Å². The van der Waals surface area contributed by atoms with Crippen molar-refractivity contribution >= 4 is 18.0 Å². The molecule has 1 heterocycles. The lowest BCUT2D eigenvalue weighted by Gasteiger charge is -2.06. The minimum Gasteiger partial charge on any atom is -0.292 e. The van der Waals surface area contributed by atoms with Gasteiger partial charge in [0.25, 0.3) is 5.91 Å². The number of nitrogens with zero attached hydrogens (tertiary/aromatic N) is 1. The average molecular weight is 220 g/mol. The van der Waals surface area contributed by atoms with Crippen molar-refractivity contribution in [3.8, 4) is 0 Å². The summed E-state index contributed by atoms with van der Waals surface area (Å²) in [6, 6.07) is 5.31. The zero-order chi connectivity index (χ0) is 11.7. The first kappa shape index (κ1) is 10.4. The smallest absolute Gasteiger partial charge is 0.292 e. The topological polar surface area (TPSA) is 49.4 Å². The van der Waals surface area contributed by atoms with E-state index < -0.39 is 11.9 Å². The fraction of sp³-hybridized carbons (Fsp3) is 0.0909. The van der Waals surface area contributed by atoms with Crippen LogP contribution in [0, 0.1) is 5.82 Å². The van der Waals surface area contributed by atoms with E-state index in [9.17, 15) is 14.0 Å². The number of rotatable bonds is 1. The van der Waals surface area contributed by atoms with Crippen molar-refractivity contribution in [3.05, 3.63) is 41.3 Å². The highest BCUT2D eigenvalue weighted by molar-refractivity contribution is 6.13. The summed E-state index contributed by atoms with van der Waals surface area (Å²) in [5.41, 5.74) is 0.738. The van der Waals surface area contributed by atoms with E-state index in [2.05, 4.69) is 5.32 Å². The average Bonchev–Trinajstić information content (AvgIpc) is 2.45. The minimum absolute atomic E-state index is 0.204. The first-order valence-corrected chi connectivity index (χ1v) is 4.64. The molecule has 0 aromatic heterocycles. The Morgan fingerprint density at radius 1 is 1.38 bits per heavy atom. The van der Waals surface area contributed by atoms with Crippen LogP contribution in [-0.4, -0.2) is 23.9 Å². The fourth-order valence-corrected chi connectivity index (χ4v) is 1.42. The third-order valence-corrected chi connectivity index (χ3v) is 2.27. The molecule has 0 unspecified atom stereocenters. The molecule has 0 radical (unpaired) electrons. The summed E-state index contributed by atoms with van der Waals surface area (Å²) in [5.74, 6) is -0.863. The molecular formula is C11H9FN2O2. The predicted molar refractivity (Wildman–Crippen MR) is 55.7 cm³/mol. The first-order valence-electron chi connectivity index (χ1n) is 4.64. The Morgan fingerprint density at radius 2 is 2.12 bits per heavy atom. The molecule has 82 valence electrons. The summed E-state index contributed by atoms with van der Waals surface area (Å²) in [6.45, 7) is 0. The van der Waals surface area contributed by atoms with Crippen molar-refractivity contribution < 1.29 is 14.0 Å². The lowest BCUT2D eigenvalue weighted by atomic mass is 10.2. The van der Waals surface area contributed by atoms with Crippen LogP contribution in [0.4, 0.5) is 9.18 Å². The van der Waals surface area contributed by atoms with Crippen LogP contribution in [0.5, 0.6) is 0 Å². The molecule has 16 heavy (non-hydrogen) atoms. The summed E-state index contributed by atoms with van der Waals surface area (Å²) < 4.78 is 12.9. The number of likely N-dealkylation sites (N-methyl/N-ethyl adjacent to an activating group) is 1. The van der Waals surface area contributed by atoms with Crippen molar-refractivity contribution in [1.82, 2.24) is 10.2 Å². The van der Waals surface area contributed by atoms with E-state index in [1.54, 1.807) is 6.07 Å². The van der Waals surface area contributed by atoms with Crippen molar-refractivity contribution in [2.75, 3.05) is 7.05 Å². The van der Waals surface area contributed by atoms with Gasteiger partial charge in [0.1, 0.15) is 11.5 Å². The van der Waals surface area contributed by atoms with Gasteiger partial charge in [-0.2, -0.15) is 0 Å². The van der Waals surface area contributed by atoms with Crippen molar-refractivity contribution in [1.29, 1.82) is 0 Å². The molecule has 1 aliphatic rings. The third-order valence-electron chi connectivity index (χ3n) is 2.27. The highest BCUT2D eigenvalue weighted by atomic mass is 19.1. The van der Waals surface area contributed by atoms with Crippen LogP contribution in [0.1, 0.15) is 5.56 Å². The summed E-state index contributed by atoms with van der Waals surface area (Å²) >= 11 is 0. The highest BCUT2D eigenvalue weighted by Crippen LogP contribution is 2.15. The molecule has 0 atom stereocenters. The normalized spacial score (nSPS) is 18.1. The van der Waals surface area contributed by atoms with E-state index >= 15 is 0 Å². The maximum absolute atomic E-state index is 12.9. The van der Waals surface area contributed by atoms with Gasteiger partial charge in [0.15, 0.2) is 0 Å². The van der Waals surface area contributed by atoms with Gasteiger partial charge in [0, 0.05) is 7.05 Å². The number of hydrogen-bond donors (Lipinski definition) is 1. The molecule has 0 saturated carbocycles. The number of amides is 3. The van der Waals surface area contributed by atoms with E-state index in [1.807, 2.05) is 0 Å². The van der Waals surface area contributed by atoms with Crippen LogP contribution in [0.2, 0.25) is 0 Å². The standard InChI is InChI=1S/C11H9FN2O2/c1-14-9(10(15)13-11(14)16)6-7-3-2-4-8(12)5-7/h2-6H,1H3,(H,13,15,16). The van der Waals surface area contributed by atoms with E-state index in [1.165, 1.54) is 36.2 Å². The molecule has 4 nitrogen and oxygen atoms in total. The number of carbonyl (C=O) groups is 2. The van der Waals surface area contributed by atoms with Gasteiger partial charge in [-0.05, 0) is 23.8 Å². The zero-order valence-corrected chi connectivity index (χ0v) is 8.53. The molecule has 0 spiro atoms. The van der Waals surface area contributed by atoms with Crippen LogP contribution >= 0.6 is 0 Å². The number of halogens is 1. The Morgan fingerprint density at radius 3 is 2.69 bits per heavy atom. The molecule has 1 saturated heterocycles. The van der Waals surface area contributed by atoms with Crippen molar-refractivity contribution in [2.45, 2.75) is 0 Å². The molecule has 0 aliphatic carbocycles. The summed E-state index contributed by atoms with van der Waals surface area (Å²) in [7, 11) is 1.48. The predicted octanol–water partition coefficient (Wildman–Crippen LogP) is 1.35. The fourth-order valence-electron chi connectivity index (χ4n) is 1.42. The molecule has 1 fully saturated rings. The van der Waals surface area contributed by atoms with Gasteiger partial charge in [-0.15, -0.1) is 0 Å². The van der Waals surface area contributed by atoms with Crippen LogP contribution in [0.3, 0.4) is 0 Å². The Bertz CT molecular complexity index is 497. The Labute approximate surface area is 91.4 Å².